The van der Waals surface area contributed by atoms with Crippen LogP contribution in [0.1, 0.15) is 44.7 Å². The molecule has 0 saturated carbocycles. The van der Waals surface area contributed by atoms with Crippen molar-refractivity contribution in [1.29, 1.82) is 0 Å². The van der Waals surface area contributed by atoms with Gasteiger partial charge in [0.15, 0.2) is 0 Å². The predicted molar refractivity (Wildman–Crippen MR) is 72.0 cm³/mol. The molecule has 0 spiro atoms. The lowest BCUT2D eigenvalue weighted by Gasteiger charge is -2.28. The molecule has 0 radical (unpaired) electrons. The fourth-order valence-corrected chi connectivity index (χ4v) is 1.91. The van der Waals surface area contributed by atoms with Gasteiger partial charge in [-0.1, -0.05) is 37.6 Å². The van der Waals surface area contributed by atoms with Crippen LogP contribution in [-0.2, 0) is 6.54 Å². The fraction of sp³-hybridized carbons (Fsp3) is 0.571. The van der Waals surface area contributed by atoms with Crippen LogP contribution >= 0.6 is 11.6 Å². The lowest BCUT2D eigenvalue weighted by atomic mass is 9.95. The number of hydrogen-bond donors (Lipinski definition) is 1. The van der Waals surface area contributed by atoms with Crippen LogP contribution in [0.3, 0.4) is 0 Å². The molecule has 0 atom stereocenters. The van der Waals surface area contributed by atoms with E-state index in [1.54, 1.807) is 0 Å². The molecular formula is C14H22ClN. The molecule has 0 aliphatic heterocycles. The first-order chi connectivity index (χ1) is 7.50. The molecule has 2 heteroatoms. The Bertz CT molecular complexity index is 343. The van der Waals surface area contributed by atoms with E-state index < -0.39 is 0 Å². The zero-order chi connectivity index (χ0) is 12.2. The highest BCUT2D eigenvalue weighted by molar-refractivity contribution is 6.31. The summed E-state index contributed by atoms with van der Waals surface area (Å²) in [6, 6.07) is 6.24. The van der Waals surface area contributed by atoms with Crippen molar-refractivity contribution in [3.05, 3.63) is 34.3 Å². The molecule has 0 unspecified atom stereocenters. The summed E-state index contributed by atoms with van der Waals surface area (Å²) in [6.45, 7) is 9.60. The first-order valence-electron chi connectivity index (χ1n) is 6.01. The summed E-state index contributed by atoms with van der Waals surface area (Å²) in [5.74, 6) is 0. The minimum atomic E-state index is 0.216. The first-order valence-corrected chi connectivity index (χ1v) is 6.38. The second-order valence-corrected chi connectivity index (χ2v) is 5.12. The van der Waals surface area contributed by atoms with Crippen LogP contribution in [0.25, 0.3) is 0 Å². The molecule has 0 fully saturated rings. The van der Waals surface area contributed by atoms with E-state index in [9.17, 15) is 0 Å². The summed E-state index contributed by atoms with van der Waals surface area (Å²) in [6.07, 6.45) is 2.26. The lowest BCUT2D eigenvalue weighted by molar-refractivity contribution is 0.329. The van der Waals surface area contributed by atoms with Gasteiger partial charge in [0.05, 0.1) is 0 Å². The van der Waals surface area contributed by atoms with Crippen molar-refractivity contribution < 1.29 is 0 Å². The Morgan fingerprint density at radius 3 is 2.38 bits per heavy atom. The topological polar surface area (TPSA) is 12.0 Å². The molecule has 1 aromatic rings. The van der Waals surface area contributed by atoms with E-state index in [2.05, 4.69) is 45.1 Å². The zero-order valence-electron chi connectivity index (χ0n) is 10.7. The molecule has 1 N–H and O–H groups in total. The summed E-state index contributed by atoms with van der Waals surface area (Å²) >= 11 is 6.20. The number of aryl methyl sites for hydroxylation is 1. The van der Waals surface area contributed by atoms with Crippen molar-refractivity contribution in [3.8, 4) is 0 Å². The van der Waals surface area contributed by atoms with Crippen LogP contribution in [0.15, 0.2) is 18.2 Å². The summed E-state index contributed by atoms with van der Waals surface area (Å²) in [5.41, 5.74) is 2.61. The largest absolute Gasteiger partial charge is 0.307 e. The van der Waals surface area contributed by atoms with Crippen LogP contribution in [0.2, 0.25) is 5.02 Å². The van der Waals surface area contributed by atoms with Gasteiger partial charge in [0, 0.05) is 17.1 Å². The smallest absolute Gasteiger partial charge is 0.0453 e. The summed E-state index contributed by atoms with van der Waals surface area (Å²) in [5, 5.41) is 4.45. The van der Waals surface area contributed by atoms with Gasteiger partial charge < -0.3 is 5.32 Å². The third-order valence-corrected chi connectivity index (χ3v) is 3.83. The molecule has 0 aliphatic rings. The number of hydrogen-bond acceptors (Lipinski definition) is 1. The zero-order valence-corrected chi connectivity index (χ0v) is 11.5. The van der Waals surface area contributed by atoms with Gasteiger partial charge in [-0.3, -0.25) is 0 Å². The van der Waals surface area contributed by atoms with Crippen LogP contribution in [-0.4, -0.2) is 5.54 Å². The van der Waals surface area contributed by atoms with Crippen molar-refractivity contribution in [2.24, 2.45) is 0 Å². The minimum absolute atomic E-state index is 0.216. The van der Waals surface area contributed by atoms with Gasteiger partial charge in [-0.25, -0.2) is 0 Å². The van der Waals surface area contributed by atoms with Crippen molar-refractivity contribution >= 4 is 11.6 Å². The van der Waals surface area contributed by atoms with Crippen LogP contribution in [0, 0.1) is 6.92 Å². The van der Waals surface area contributed by atoms with Gasteiger partial charge in [-0.2, -0.15) is 0 Å². The number of halogens is 1. The van der Waals surface area contributed by atoms with Crippen LogP contribution < -0.4 is 5.32 Å². The normalized spacial score (nSPS) is 11.8. The van der Waals surface area contributed by atoms with E-state index in [0.717, 1.165) is 24.4 Å². The van der Waals surface area contributed by atoms with Crippen LogP contribution in [0.4, 0.5) is 0 Å². The molecule has 0 aliphatic carbocycles. The third-order valence-electron chi connectivity index (χ3n) is 3.47. The van der Waals surface area contributed by atoms with Crippen LogP contribution in [0.5, 0.6) is 0 Å². The average Bonchev–Trinajstić information content (AvgIpc) is 2.27. The Hall–Kier alpha value is -0.530. The Kier molecular flexibility index (Phi) is 4.82. The summed E-state index contributed by atoms with van der Waals surface area (Å²) < 4.78 is 0. The molecule has 1 nitrogen and oxygen atoms in total. The molecule has 0 amide bonds. The molecule has 16 heavy (non-hydrogen) atoms. The molecule has 0 aromatic heterocycles. The SMILES string of the molecule is CCC(C)(CC)NCc1ccc(C)cc1Cl. The quantitative estimate of drug-likeness (QED) is 0.807. The lowest BCUT2D eigenvalue weighted by Crippen LogP contribution is -2.40. The van der Waals surface area contributed by atoms with Gasteiger partial charge in [-0.15, -0.1) is 0 Å². The summed E-state index contributed by atoms with van der Waals surface area (Å²) in [4.78, 5) is 0. The highest BCUT2D eigenvalue weighted by Gasteiger charge is 2.18. The average molecular weight is 240 g/mol. The maximum atomic E-state index is 6.20. The Balaban J connectivity index is 2.67. The first kappa shape index (κ1) is 13.5. The second-order valence-electron chi connectivity index (χ2n) is 4.72. The van der Waals surface area contributed by atoms with Gasteiger partial charge in [0.2, 0.25) is 0 Å². The van der Waals surface area contributed by atoms with Crippen molar-refractivity contribution in [2.45, 2.75) is 52.6 Å². The molecule has 1 rings (SSSR count). The summed E-state index contributed by atoms with van der Waals surface area (Å²) in [7, 11) is 0. The predicted octanol–water partition coefficient (Wildman–Crippen LogP) is 4.32. The van der Waals surface area contributed by atoms with Gasteiger partial charge >= 0.3 is 0 Å². The Morgan fingerprint density at radius 1 is 1.25 bits per heavy atom. The van der Waals surface area contributed by atoms with E-state index in [1.165, 1.54) is 11.1 Å². The molecule has 0 heterocycles. The van der Waals surface area contributed by atoms with Crippen molar-refractivity contribution in [1.82, 2.24) is 5.32 Å². The number of benzene rings is 1. The highest BCUT2D eigenvalue weighted by atomic mass is 35.5. The van der Waals surface area contributed by atoms with E-state index in [0.29, 0.717) is 0 Å². The molecule has 0 saturated heterocycles. The monoisotopic (exact) mass is 239 g/mol. The fourth-order valence-electron chi connectivity index (χ4n) is 1.60. The molecule has 1 aromatic carbocycles. The maximum Gasteiger partial charge on any atom is 0.0453 e. The Labute approximate surface area is 104 Å². The minimum Gasteiger partial charge on any atom is -0.307 e. The van der Waals surface area contributed by atoms with Crippen molar-refractivity contribution in [2.75, 3.05) is 0 Å². The second kappa shape index (κ2) is 5.70. The third kappa shape index (κ3) is 3.50. The van der Waals surface area contributed by atoms with Gasteiger partial charge in [-0.05, 0) is 43.9 Å². The molecule has 0 bridgehead atoms. The van der Waals surface area contributed by atoms with E-state index in [1.807, 2.05) is 6.07 Å². The molecule has 90 valence electrons. The van der Waals surface area contributed by atoms with E-state index >= 15 is 0 Å². The van der Waals surface area contributed by atoms with E-state index in [4.69, 9.17) is 11.6 Å². The van der Waals surface area contributed by atoms with Gasteiger partial charge in [0.25, 0.3) is 0 Å². The number of rotatable bonds is 5. The van der Waals surface area contributed by atoms with Gasteiger partial charge in [0.1, 0.15) is 0 Å². The standard InChI is InChI=1S/C14H22ClN/c1-5-14(4,6-2)16-10-12-8-7-11(3)9-13(12)15/h7-9,16H,5-6,10H2,1-4H3. The highest BCUT2D eigenvalue weighted by Crippen LogP contribution is 2.20. The maximum absolute atomic E-state index is 6.20. The molecular weight excluding hydrogens is 218 g/mol. The van der Waals surface area contributed by atoms with Crippen molar-refractivity contribution in [3.63, 3.8) is 0 Å². The number of nitrogens with one attached hydrogen (secondary N) is 1. The van der Waals surface area contributed by atoms with E-state index in [-0.39, 0.29) is 5.54 Å². The Morgan fingerprint density at radius 2 is 1.88 bits per heavy atom.